The summed E-state index contributed by atoms with van der Waals surface area (Å²) in [5, 5.41) is 11.8. The summed E-state index contributed by atoms with van der Waals surface area (Å²) in [7, 11) is 0. The van der Waals surface area contributed by atoms with Gasteiger partial charge in [-0.05, 0) is 13.0 Å². The highest BCUT2D eigenvalue weighted by atomic mass is 79.9. The zero-order valence-electron chi connectivity index (χ0n) is 7.50. The van der Waals surface area contributed by atoms with E-state index in [1.165, 1.54) is 11.3 Å². The van der Waals surface area contributed by atoms with Crippen LogP contribution in [0.25, 0.3) is 0 Å². The van der Waals surface area contributed by atoms with Crippen LogP contribution in [0.1, 0.15) is 12.5 Å². The van der Waals surface area contributed by atoms with E-state index in [2.05, 4.69) is 40.3 Å². The Balaban J connectivity index is 2.37. The van der Waals surface area contributed by atoms with Crippen molar-refractivity contribution in [3.8, 4) is 0 Å². The number of nitrogens with two attached hydrogens (primary N) is 1. The molecule has 0 aromatic heterocycles. The van der Waals surface area contributed by atoms with Crippen molar-refractivity contribution in [1.29, 1.82) is 0 Å². The van der Waals surface area contributed by atoms with Crippen LogP contribution in [0.4, 0.5) is 5.69 Å². The third-order valence-corrected chi connectivity index (χ3v) is 3.08. The summed E-state index contributed by atoms with van der Waals surface area (Å²) in [5.41, 5.74) is 2.50. The zero-order valence-corrected chi connectivity index (χ0v) is 9.08. The molecule has 1 heterocycles. The monoisotopic (exact) mass is 242 g/mol. The van der Waals surface area contributed by atoms with E-state index in [9.17, 15) is 5.11 Å². The van der Waals surface area contributed by atoms with Crippen LogP contribution in [0.3, 0.4) is 0 Å². The Kier molecular flexibility index (Phi) is 2.41. The van der Waals surface area contributed by atoms with Crippen LogP contribution in [-0.2, 0) is 6.42 Å². The van der Waals surface area contributed by atoms with Gasteiger partial charge in [-0.25, -0.2) is 0 Å². The minimum atomic E-state index is -0.214. The SMILES string of the molecule is CC1[NH2+]c2cc(Br)ccc2CC1O. The number of benzene rings is 1. The molecule has 0 aliphatic carbocycles. The molecule has 2 unspecified atom stereocenters. The third kappa shape index (κ3) is 1.77. The average molecular weight is 243 g/mol. The Morgan fingerprint density at radius 3 is 3.08 bits per heavy atom. The maximum Gasteiger partial charge on any atom is 0.134 e. The van der Waals surface area contributed by atoms with Crippen molar-refractivity contribution in [2.75, 3.05) is 0 Å². The van der Waals surface area contributed by atoms with Gasteiger partial charge in [0.15, 0.2) is 0 Å². The minimum absolute atomic E-state index is 0.214. The number of halogens is 1. The maximum atomic E-state index is 9.65. The summed E-state index contributed by atoms with van der Waals surface area (Å²) in [4.78, 5) is 0. The number of aliphatic hydroxyl groups is 1. The van der Waals surface area contributed by atoms with Gasteiger partial charge in [-0.15, -0.1) is 0 Å². The maximum absolute atomic E-state index is 9.65. The van der Waals surface area contributed by atoms with Gasteiger partial charge in [0.1, 0.15) is 17.8 Å². The second kappa shape index (κ2) is 3.40. The summed E-state index contributed by atoms with van der Waals surface area (Å²) in [6, 6.07) is 6.47. The van der Waals surface area contributed by atoms with Crippen LogP contribution < -0.4 is 5.32 Å². The number of fused-ring (bicyclic) bond motifs is 1. The van der Waals surface area contributed by atoms with E-state index in [0.29, 0.717) is 0 Å². The molecule has 3 heteroatoms. The van der Waals surface area contributed by atoms with Gasteiger partial charge in [0.25, 0.3) is 0 Å². The molecule has 0 bridgehead atoms. The molecule has 13 heavy (non-hydrogen) atoms. The molecule has 70 valence electrons. The van der Waals surface area contributed by atoms with Gasteiger partial charge in [0, 0.05) is 22.5 Å². The summed E-state index contributed by atoms with van der Waals surface area (Å²) < 4.78 is 1.10. The number of hydrogen-bond donors (Lipinski definition) is 2. The van der Waals surface area contributed by atoms with Crippen LogP contribution in [0, 0.1) is 0 Å². The van der Waals surface area contributed by atoms with Crippen LogP contribution in [0.2, 0.25) is 0 Å². The summed E-state index contributed by atoms with van der Waals surface area (Å²) in [6.45, 7) is 2.05. The first-order valence-electron chi connectivity index (χ1n) is 4.48. The van der Waals surface area contributed by atoms with E-state index in [-0.39, 0.29) is 12.1 Å². The number of rotatable bonds is 0. The van der Waals surface area contributed by atoms with Gasteiger partial charge >= 0.3 is 0 Å². The molecule has 0 saturated carbocycles. The highest BCUT2D eigenvalue weighted by Gasteiger charge is 2.26. The van der Waals surface area contributed by atoms with E-state index >= 15 is 0 Å². The van der Waals surface area contributed by atoms with Crippen molar-refractivity contribution >= 4 is 21.6 Å². The lowest BCUT2D eigenvalue weighted by molar-refractivity contribution is -0.621. The molecule has 1 aliphatic rings. The largest absolute Gasteiger partial charge is 0.387 e. The number of hydrogen-bond acceptors (Lipinski definition) is 1. The molecular weight excluding hydrogens is 230 g/mol. The van der Waals surface area contributed by atoms with Crippen molar-refractivity contribution in [2.24, 2.45) is 0 Å². The molecular formula is C10H13BrNO+. The Labute approximate surface area is 86.1 Å². The molecule has 2 atom stereocenters. The fourth-order valence-corrected chi connectivity index (χ4v) is 2.09. The second-order valence-corrected chi connectivity index (χ2v) is 4.56. The Hall–Kier alpha value is -0.380. The van der Waals surface area contributed by atoms with E-state index in [0.717, 1.165) is 10.9 Å². The normalized spacial score (nSPS) is 27.0. The molecule has 3 N–H and O–H groups in total. The van der Waals surface area contributed by atoms with Gasteiger partial charge < -0.3 is 10.4 Å². The first-order chi connectivity index (χ1) is 6.16. The summed E-state index contributed by atoms with van der Waals surface area (Å²) in [6.07, 6.45) is 0.564. The van der Waals surface area contributed by atoms with Gasteiger partial charge in [0.05, 0.1) is 0 Å². The lowest BCUT2D eigenvalue weighted by Crippen LogP contribution is -2.88. The van der Waals surface area contributed by atoms with Gasteiger partial charge in [0.2, 0.25) is 0 Å². The van der Waals surface area contributed by atoms with Gasteiger partial charge in [-0.3, -0.25) is 0 Å². The van der Waals surface area contributed by atoms with Crippen LogP contribution in [0.5, 0.6) is 0 Å². The van der Waals surface area contributed by atoms with Crippen molar-refractivity contribution in [3.63, 3.8) is 0 Å². The molecule has 1 aromatic rings. The number of aliphatic hydroxyl groups excluding tert-OH is 1. The highest BCUT2D eigenvalue weighted by Crippen LogP contribution is 2.22. The lowest BCUT2D eigenvalue weighted by Gasteiger charge is -2.24. The van der Waals surface area contributed by atoms with Crippen LogP contribution in [-0.4, -0.2) is 17.3 Å². The van der Waals surface area contributed by atoms with Gasteiger partial charge in [-0.2, -0.15) is 0 Å². The zero-order chi connectivity index (χ0) is 9.42. The first kappa shape index (κ1) is 9.19. The van der Waals surface area contributed by atoms with Crippen LogP contribution in [0.15, 0.2) is 22.7 Å². The Bertz CT molecular complexity index is 327. The average Bonchev–Trinajstić information content (AvgIpc) is 2.08. The van der Waals surface area contributed by atoms with E-state index in [4.69, 9.17) is 0 Å². The quantitative estimate of drug-likeness (QED) is 0.654. The van der Waals surface area contributed by atoms with E-state index < -0.39 is 0 Å². The summed E-state index contributed by atoms with van der Waals surface area (Å²) >= 11 is 3.44. The third-order valence-electron chi connectivity index (χ3n) is 2.59. The predicted molar refractivity (Wildman–Crippen MR) is 54.9 cm³/mol. The van der Waals surface area contributed by atoms with Crippen molar-refractivity contribution in [2.45, 2.75) is 25.5 Å². The first-order valence-corrected chi connectivity index (χ1v) is 5.27. The molecule has 0 fully saturated rings. The smallest absolute Gasteiger partial charge is 0.134 e. The fourth-order valence-electron chi connectivity index (χ4n) is 1.71. The van der Waals surface area contributed by atoms with E-state index in [1.54, 1.807) is 0 Å². The minimum Gasteiger partial charge on any atom is -0.387 e. The Morgan fingerprint density at radius 2 is 2.31 bits per heavy atom. The van der Waals surface area contributed by atoms with Crippen LogP contribution >= 0.6 is 15.9 Å². The predicted octanol–water partition coefficient (Wildman–Crippen LogP) is 0.949. The Morgan fingerprint density at radius 1 is 1.54 bits per heavy atom. The lowest BCUT2D eigenvalue weighted by atomic mass is 9.96. The fraction of sp³-hybridized carbons (Fsp3) is 0.400. The van der Waals surface area contributed by atoms with E-state index in [1.807, 2.05) is 6.07 Å². The molecule has 0 radical (unpaired) electrons. The summed E-state index contributed by atoms with van der Waals surface area (Å²) in [5.74, 6) is 0. The van der Waals surface area contributed by atoms with Crippen molar-refractivity contribution in [1.82, 2.24) is 0 Å². The molecule has 2 nitrogen and oxygen atoms in total. The number of quaternary nitrogens is 1. The molecule has 0 spiro atoms. The topological polar surface area (TPSA) is 36.8 Å². The molecule has 2 rings (SSSR count). The van der Waals surface area contributed by atoms with Crippen molar-refractivity contribution < 1.29 is 10.4 Å². The molecule has 1 aliphatic heterocycles. The second-order valence-electron chi connectivity index (χ2n) is 3.64. The van der Waals surface area contributed by atoms with Gasteiger partial charge in [-0.1, -0.05) is 22.0 Å². The highest BCUT2D eigenvalue weighted by molar-refractivity contribution is 9.10. The molecule has 1 aromatic carbocycles. The standard InChI is InChI=1S/C10H12BrNO/c1-6-10(13)4-7-2-3-8(11)5-9(7)12-6/h2-3,5-6,10,12-13H,4H2,1H3/p+1. The van der Waals surface area contributed by atoms with Crippen molar-refractivity contribution in [3.05, 3.63) is 28.2 Å². The molecule has 0 saturated heterocycles. The molecule has 0 amide bonds.